The summed E-state index contributed by atoms with van der Waals surface area (Å²) in [5, 5.41) is 3.54. The van der Waals surface area contributed by atoms with Gasteiger partial charge in [0.1, 0.15) is 11.9 Å². The number of rotatable bonds is 4. The predicted octanol–water partition coefficient (Wildman–Crippen LogP) is 2.38. The van der Waals surface area contributed by atoms with Crippen molar-refractivity contribution in [3.63, 3.8) is 0 Å². The van der Waals surface area contributed by atoms with Crippen LogP contribution in [0.5, 0.6) is 5.75 Å². The molecule has 1 N–H and O–H groups in total. The third-order valence-corrected chi connectivity index (χ3v) is 3.04. The highest BCUT2D eigenvalue weighted by Crippen LogP contribution is 2.19. The highest BCUT2D eigenvalue weighted by atomic mass is 16.5. The van der Waals surface area contributed by atoms with Gasteiger partial charge >= 0.3 is 0 Å². The van der Waals surface area contributed by atoms with Crippen LogP contribution in [-0.4, -0.2) is 23.7 Å². The van der Waals surface area contributed by atoms with Crippen LogP contribution in [0.15, 0.2) is 24.5 Å². The Kier molecular flexibility index (Phi) is 4.17. The lowest BCUT2D eigenvalue weighted by molar-refractivity contribution is 0.137. The molecule has 2 heterocycles. The molecule has 0 amide bonds. The van der Waals surface area contributed by atoms with Gasteiger partial charge in [-0.2, -0.15) is 0 Å². The van der Waals surface area contributed by atoms with E-state index in [1.165, 1.54) is 12.8 Å². The molecule has 16 heavy (non-hydrogen) atoms. The van der Waals surface area contributed by atoms with Gasteiger partial charge in [0.05, 0.1) is 0 Å². The first kappa shape index (κ1) is 11.4. The molecule has 0 aromatic carbocycles. The van der Waals surface area contributed by atoms with Crippen molar-refractivity contribution in [2.24, 2.45) is 0 Å². The monoisotopic (exact) mass is 220 g/mol. The van der Waals surface area contributed by atoms with E-state index < -0.39 is 0 Å². The summed E-state index contributed by atoms with van der Waals surface area (Å²) in [6.45, 7) is 3.30. The summed E-state index contributed by atoms with van der Waals surface area (Å²) in [5.41, 5.74) is 0. The summed E-state index contributed by atoms with van der Waals surface area (Å²) in [5.74, 6) is 0.942. The topological polar surface area (TPSA) is 34.1 Å². The van der Waals surface area contributed by atoms with E-state index in [0.29, 0.717) is 12.1 Å². The molecule has 1 fully saturated rings. The van der Waals surface area contributed by atoms with Crippen LogP contribution in [0.2, 0.25) is 0 Å². The highest BCUT2D eigenvalue weighted by molar-refractivity contribution is 5.17. The molecule has 2 atom stereocenters. The number of piperidine rings is 1. The number of hydrogen-bond donors (Lipinski definition) is 1. The molecular weight excluding hydrogens is 200 g/mol. The fourth-order valence-corrected chi connectivity index (χ4v) is 2.25. The van der Waals surface area contributed by atoms with Crippen molar-refractivity contribution in [2.75, 3.05) is 6.54 Å². The number of nitrogens with one attached hydrogen (secondary N) is 1. The maximum Gasteiger partial charge on any atom is 0.122 e. The zero-order valence-corrected chi connectivity index (χ0v) is 9.86. The Labute approximate surface area is 97.2 Å². The average molecular weight is 220 g/mol. The van der Waals surface area contributed by atoms with Gasteiger partial charge in [-0.3, -0.25) is 4.98 Å². The first-order chi connectivity index (χ1) is 7.88. The van der Waals surface area contributed by atoms with E-state index in [1.54, 1.807) is 12.4 Å². The zero-order chi connectivity index (χ0) is 11.2. The molecule has 1 aromatic rings. The average Bonchev–Trinajstić information content (AvgIpc) is 2.31. The molecule has 1 aromatic heterocycles. The third-order valence-electron chi connectivity index (χ3n) is 3.04. The van der Waals surface area contributed by atoms with Crippen molar-refractivity contribution in [1.29, 1.82) is 0 Å². The predicted molar refractivity (Wildman–Crippen MR) is 64.6 cm³/mol. The van der Waals surface area contributed by atoms with Gasteiger partial charge in [0.15, 0.2) is 0 Å². The van der Waals surface area contributed by atoms with Crippen LogP contribution >= 0.6 is 0 Å². The molecular formula is C13H20N2O. The van der Waals surface area contributed by atoms with Crippen molar-refractivity contribution < 1.29 is 4.74 Å². The van der Waals surface area contributed by atoms with E-state index in [-0.39, 0.29) is 0 Å². The fourth-order valence-electron chi connectivity index (χ4n) is 2.25. The van der Waals surface area contributed by atoms with Crippen molar-refractivity contribution in [3.8, 4) is 5.75 Å². The van der Waals surface area contributed by atoms with E-state index in [2.05, 4.69) is 17.2 Å². The third kappa shape index (κ3) is 3.20. The standard InChI is InChI=1S/C13H20N2O/c1-2-3-11-10-13(6-9-15-11)16-12-4-7-14-8-5-12/h4-5,7-8,11,13,15H,2-3,6,9-10H2,1H3/t11?,13-/m0/s1. The van der Waals surface area contributed by atoms with Gasteiger partial charge in [-0.25, -0.2) is 0 Å². The lowest BCUT2D eigenvalue weighted by atomic mass is 9.98. The Morgan fingerprint density at radius 1 is 1.44 bits per heavy atom. The van der Waals surface area contributed by atoms with Crippen molar-refractivity contribution >= 4 is 0 Å². The number of pyridine rings is 1. The SMILES string of the molecule is CCCC1C[C@@H](Oc2ccncc2)CCN1. The second-order valence-corrected chi connectivity index (χ2v) is 4.39. The first-order valence-electron chi connectivity index (χ1n) is 6.18. The second kappa shape index (κ2) is 5.85. The largest absolute Gasteiger partial charge is 0.490 e. The molecule has 0 aliphatic carbocycles. The maximum atomic E-state index is 5.95. The van der Waals surface area contributed by atoms with Crippen molar-refractivity contribution in [1.82, 2.24) is 10.3 Å². The molecule has 0 saturated carbocycles. The van der Waals surface area contributed by atoms with Crippen LogP contribution < -0.4 is 10.1 Å². The Balaban J connectivity index is 1.85. The number of nitrogens with zero attached hydrogens (tertiary/aromatic N) is 1. The summed E-state index contributed by atoms with van der Waals surface area (Å²) < 4.78 is 5.95. The molecule has 0 spiro atoms. The second-order valence-electron chi connectivity index (χ2n) is 4.39. The van der Waals surface area contributed by atoms with Gasteiger partial charge in [-0.05, 0) is 37.9 Å². The molecule has 1 unspecified atom stereocenters. The summed E-state index contributed by atoms with van der Waals surface area (Å²) in [6, 6.07) is 4.49. The minimum atomic E-state index is 0.361. The van der Waals surface area contributed by atoms with Gasteiger partial charge in [-0.15, -0.1) is 0 Å². The summed E-state index contributed by atoms with van der Waals surface area (Å²) in [4.78, 5) is 3.99. The Hall–Kier alpha value is -1.09. The zero-order valence-electron chi connectivity index (χ0n) is 9.86. The van der Waals surface area contributed by atoms with Gasteiger partial charge in [0.25, 0.3) is 0 Å². The molecule has 3 nitrogen and oxygen atoms in total. The van der Waals surface area contributed by atoms with Crippen LogP contribution in [0.25, 0.3) is 0 Å². The summed E-state index contributed by atoms with van der Waals surface area (Å²) in [6.07, 6.45) is 8.62. The van der Waals surface area contributed by atoms with E-state index in [0.717, 1.165) is 25.1 Å². The molecule has 88 valence electrons. The van der Waals surface area contributed by atoms with Crippen molar-refractivity contribution in [2.45, 2.75) is 44.8 Å². The van der Waals surface area contributed by atoms with E-state index in [4.69, 9.17) is 4.74 Å². The van der Waals surface area contributed by atoms with Gasteiger partial charge in [-0.1, -0.05) is 13.3 Å². The Morgan fingerprint density at radius 3 is 3.00 bits per heavy atom. The molecule has 3 heteroatoms. The Morgan fingerprint density at radius 2 is 2.25 bits per heavy atom. The Bertz CT molecular complexity index is 300. The molecule has 0 bridgehead atoms. The van der Waals surface area contributed by atoms with Crippen LogP contribution in [0.4, 0.5) is 0 Å². The van der Waals surface area contributed by atoms with Gasteiger partial charge < -0.3 is 10.1 Å². The van der Waals surface area contributed by atoms with Crippen LogP contribution in [-0.2, 0) is 0 Å². The number of hydrogen-bond acceptors (Lipinski definition) is 3. The van der Waals surface area contributed by atoms with E-state index in [9.17, 15) is 0 Å². The molecule has 0 radical (unpaired) electrons. The summed E-state index contributed by atoms with van der Waals surface area (Å²) >= 11 is 0. The summed E-state index contributed by atoms with van der Waals surface area (Å²) in [7, 11) is 0. The smallest absolute Gasteiger partial charge is 0.122 e. The normalized spacial score (nSPS) is 25.3. The van der Waals surface area contributed by atoms with E-state index >= 15 is 0 Å². The number of aromatic nitrogens is 1. The molecule has 2 rings (SSSR count). The minimum Gasteiger partial charge on any atom is -0.490 e. The van der Waals surface area contributed by atoms with E-state index in [1.807, 2.05) is 12.1 Å². The quantitative estimate of drug-likeness (QED) is 0.846. The molecule has 1 aliphatic rings. The van der Waals surface area contributed by atoms with Gasteiger partial charge in [0.2, 0.25) is 0 Å². The van der Waals surface area contributed by atoms with Crippen LogP contribution in [0.1, 0.15) is 32.6 Å². The first-order valence-corrected chi connectivity index (χ1v) is 6.18. The fraction of sp³-hybridized carbons (Fsp3) is 0.615. The van der Waals surface area contributed by atoms with Crippen LogP contribution in [0, 0.1) is 0 Å². The molecule has 1 saturated heterocycles. The molecule has 1 aliphatic heterocycles. The van der Waals surface area contributed by atoms with Gasteiger partial charge in [0, 0.05) is 18.4 Å². The maximum absolute atomic E-state index is 5.95. The van der Waals surface area contributed by atoms with Crippen LogP contribution in [0.3, 0.4) is 0 Å². The highest BCUT2D eigenvalue weighted by Gasteiger charge is 2.21. The number of ether oxygens (including phenoxy) is 1. The lowest BCUT2D eigenvalue weighted by Crippen LogP contribution is -2.42. The minimum absolute atomic E-state index is 0.361. The lowest BCUT2D eigenvalue weighted by Gasteiger charge is -2.30. The van der Waals surface area contributed by atoms with Crippen molar-refractivity contribution in [3.05, 3.63) is 24.5 Å².